The van der Waals surface area contributed by atoms with Crippen molar-refractivity contribution in [2.24, 2.45) is 0 Å². The molecule has 0 amide bonds. The van der Waals surface area contributed by atoms with Gasteiger partial charge in [0.2, 0.25) is 15.8 Å². The fraction of sp³-hybridized carbons (Fsp3) is 0. The van der Waals surface area contributed by atoms with Crippen LogP contribution in [-0.2, 0) is 10.7 Å². The number of rotatable bonds is 1. The molecule has 0 unspecified atom stereocenters. The fourth-order valence-corrected chi connectivity index (χ4v) is 1.38. The van der Waals surface area contributed by atoms with Gasteiger partial charge in [-0.2, -0.15) is 0 Å². The van der Waals surface area contributed by atoms with E-state index in [4.69, 9.17) is 4.42 Å². The van der Waals surface area contributed by atoms with E-state index in [9.17, 15) is 8.42 Å². The summed E-state index contributed by atoms with van der Waals surface area (Å²) in [5.41, 5.74) is 0.492. The normalized spacial score (nSPS) is 11.1. The van der Waals surface area contributed by atoms with Crippen LogP contribution in [0.25, 0.3) is 11.0 Å². The zero-order valence-corrected chi connectivity index (χ0v) is 6.82. The third-order valence-electron chi connectivity index (χ3n) is 1.49. The van der Waals surface area contributed by atoms with Crippen molar-refractivity contribution in [3.8, 4) is 0 Å². The number of thiol groups is 1. The van der Waals surface area contributed by atoms with Gasteiger partial charge in [-0.1, -0.05) is 0 Å². The van der Waals surface area contributed by atoms with Crippen LogP contribution in [0.3, 0.4) is 0 Å². The molecule has 0 radical (unpaired) electrons. The van der Waals surface area contributed by atoms with E-state index in [2.05, 4.69) is 4.98 Å². The Kier molecular flexibility index (Phi) is 1.58. The van der Waals surface area contributed by atoms with Crippen LogP contribution in [0.15, 0.2) is 34.0 Å². The van der Waals surface area contributed by atoms with Crippen LogP contribution in [0.2, 0.25) is 0 Å². The first-order valence-electron chi connectivity index (χ1n) is 3.25. The van der Waals surface area contributed by atoms with Crippen molar-refractivity contribution in [2.75, 3.05) is 0 Å². The standard InChI is InChI=1S/C7H5NO3S/c9-12(10)7-3-5-1-2-8-4-6(5)11-7/h1-4,12H. The van der Waals surface area contributed by atoms with Crippen LogP contribution in [0, 0.1) is 0 Å². The van der Waals surface area contributed by atoms with Crippen molar-refractivity contribution in [2.45, 2.75) is 5.09 Å². The van der Waals surface area contributed by atoms with E-state index in [0.717, 1.165) is 5.39 Å². The number of hydrogen-bond acceptors (Lipinski definition) is 4. The predicted molar refractivity (Wildman–Crippen MR) is 42.6 cm³/mol. The van der Waals surface area contributed by atoms with Crippen LogP contribution < -0.4 is 0 Å². The van der Waals surface area contributed by atoms with Gasteiger partial charge >= 0.3 is 0 Å². The van der Waals surface area contributed by atoms with Crippen molar-refractivity contribution in [3.05, 3.63) is 24.5 Å². The molecule has 0 bridgehead atoms. The molecule has 0 saturated heterocycles. The number of nitrogens with zero attached hydrogens (tertiary/aromatic N) is 1. The van der Waals surface area contributed by atoms with Crippen molar-refractivity contribution < 1.29 is 12.8 Å². The molecule has 2 aromatic rings. The first-order chi connectivity index (χ1) is 5.77. The number of aromatic nitrogens is 1. The van der Waals surface area contributed by atoms with Gasteiger partial charge in [0, 0.05) is 17.6 Å². The molecule has 0 aliphatic rings. The second-order valence-electron chi connectivity index (χ2n) is 2.26. The summed E-state index contributed by atoms with van der Waals surface area (Å²) in [7, 11) is -2.64. The van der Waals surface area contributed by atoms with Crippen molar-refractivity contribution in [1.29, 1.82) is 0 Å². The molecule has 0 atom stereocenters. The number of fused-ring (bicyclic) bond motifs is 1. The molecule has 5 heteroatoms. The van der Waals surface area contributed by atoms with E-state index in [0.29, 0.717) is 5.58 Å². The minimum absolute atomic E-state index is 0.0204. The fourth-order valence-electron chi connectivity index (χ4n) is 0.960. The first kappa shape index (κ1) is 7.30. The molecule has 0 aliphatic heterocycles. The van der Waals surface area contributed by atoms with Gasteiger partial charge in [0.1, 0.15) is 0 Å². The maximum Gasteiger partial charge on any atom is 0.216 e. The van der Waals surface area contributed by atoms with Gasteiger partial charge in [-0.05, 0) is 6.07 Å². The Morgan fingerprint density at radius 1 is 1.42 bits per heavy atom. The Morgan fingerprint density at radius 2 is 2.25 bits per heavy atom. The molecule has 0 spiro atoms. The minimum atomic E-state index is -2.64. The molecule has 0 saturated carbocycles. The van der Waals surface area contributed by atoms with Crippen LogP contribution in [0.1, 0.15) is 0 Å². The lowest BCUT2D eigenvalue weighted by atomic mass is 10.3. The summed E-state index contributed by atoms with van der Waals surface area (Å²) in [4.78, 5) is 3.79. The quantitative estimate of drug-likeness (QED) is 0.664. The zero-order valence-electron chi connectivity index (χ0n) is 5.93. The van der Waals surface area contributed by atoms with Crippen LogP contribution >= 0.6 is 0 Å². The summed E-state index contributed by atoms with van der Waals surface area (Å²) >= 11 is 0. The summed E-state index contributed by atoms with van der Waals surface area (Å²) in [6.07, 6.45) is 3.07. The number of pyridine rings is 1. The van der Waals surface area contributed by atoms with Crippen molar-refractivity contribution in [3.63, 3.8) is 0 Å². The molecule has 12 heavy (non-hydrogen) atoms. The molecule has 0 N–H and O–H groups in total. The SMILES string of the molecule is O=[SH](=O)c1cc2ccncc2o1. The Labute approximate surface area is 69.8 Å². The van der Waals surface area contributed by atoms with E-state index in [-0.39, 0.29) is 5.09 Å². The summed E-state index contributed by atoms with van der Waals surface area (Å²) in [5.74, 6) is 0. The second kappa shape index (κ2) is 2.60. The molecule has 0 aromatic carbocycles. The molecule has 2 rings (SSSR count). The summed E-state index contributed by atoms with van der Waals surface area (Å²) in [6, 6.07) is 3.17. The molecule has 4 nitrogen and oxygen atoms in total. The van der Waals surface area contributed by atoms with Gasteiger partial charge in [-0.15, -0.1) is 0 Å². The van der Waals surface area contributed by atoms with E-state index in [1.54, 1.807) is 12.3 Å². The summed E-state index contributed by atoms with van der Waals surface area (Å²) in [5, 5.41) is 0.729. The number of furan rings is 1. The highest BCUT2D eigenvalue weighted by atomic mass is 32.2. The Morgan fingerprint density at radius 3 is 2.92 bits per heavy atom. The Bertz CT molecular complexity index is 445. The maximum absolute atomic E-state index is 10.5. The van der Waals surface area contributed by atoms with Gasteiger partial charge in [0.15, 0.2) is 5.58 Å². The lowest BCUT2D eigenvalue weighted by Gasteiger charge is -1.81. The monoisotopic (exact) mass is 183 g/mol. The van der Waals surface area contributed by atoms with Gasteiger partial charge < -0.3 is 4.42 Å². The minimum Gasteiger partial charge on any atom is -0.443 e. The average Bonchev–Trinajstić information content (AvgIpc) is 2.46. The molecular formula is C7H5NO3S. The maximum atomic E-state index is 10.5. The largest absolute Gasteiger partial charge is 0.443 e. The number of hydrogen-bond donors (Lipinski definition) is 1. The average molecular weight is 183 g/mol. The predicted octanol–water partition coefficient (Wildman–Crippen LogP) is 0.798. The third-order valence-corrected chi connectivity index (χ3v) is 2.07. The Balaban J connectivity index is 2.78. The molecule has 2 heterocycles. The van der Waals surface area contributed by atoms with Gasteiger partial charge in [0.25, 0.3) is 0 Å². The molecule has 0 aliphatic carbocycles. The van der Waals surface area contributed by atoms with E-state index in [1.165, 1.54) is 12.3 Å². The second-order valence-corrected chi connectivity index (χ2v) is 3.21. The molecule has 2 aromatic heterocycles. The van der Waals surface area contributed by atoms with E-state index < -0.39 is 10.7 Å². The van der Waals surface area contributed by atoms with Gasteiger partial charge in [-0.3, -0.25) is 4.98 Å². The lowest BCUT2D eigenvalue weighted by Crippen LogP contribution is -1.70. The smallest absolute Gasteiger partial charge is 0.216 e. The summed E-state index contributed by atoms with van der Waals surface area (Å²) in [6.45, 7) is 0. The van der Waals surface area contributed by atoms with Crippen LogP contribution in [0.4, 0.5) is 0 Å². The van der Waals surface area contributed by atoms with Crippen molar-refractivity contribution in [1.82, 2.24) is 4.98 Å². The highest BCUT2D eigenvalue weighted by Crippen LogP contribution is 2.17. The lowest BCUT2D eigenvalue weighted by molar-refractivity contribution is 0.490. The van der Waals surface area contributed by atoms with E-state index >= 15 is 0 Å². The molecular weight excluding hydrogens is 178 g/mol. The van der Waals surface area contributed by atoms with E-state index in [1.807, 2.05) is 0 Å². The summed E-state index contributed by atoms with van der Waals surface area (Å²) < 4.78 is 26.0. The highest BCUT2D eigenvalue weighted by molar-refractivity contribution is 7.72. The van der Waals surface area contributed by atoms with Gasteiger partial charge in [0.05, 0.1) is 6.20 Å². The van der Waals surface area contributed by atoms with Crippen LogP contribution in [0.5, 0.6) is 0 Å². The molecule has 0 fully saturated rings. The Hall–Kier alpha value is -1.36. The molecule has 62 valence electrons. The van der Waals surface area contributed by atoms with Gasteiger partial charge in [-0.25, -0.2) is 8.42 Å². The first-order valence-corrected chi connectivity index (χ1v) is 4.43. The highest BCUT2D eigenvalue weighted by Gasteiger charge is 2.03. The third kappa shape index (κ3) is 1.08. The van der Waals surface area contributed by atoms with Crippen LogP contribution in [-0.4, -0.2) is 13.4 Å². The van der Waals surface area contributed by atoms with Crippen molar-refractivity contribution >= 4 is 21.7 Å². The topological polar surface area (TPSA) is 60.2 Å². The zero-order chi connectivity index (χ0) is 8.55.